The van der Waals surface area contributed by atoms with Gasteiger partial charge in [0.2, 0.25) is 0 Å². The van der Waals surface area contributed by atoms with E-state index in [1.807, 2.05) is 20.8 Å². The molecule has 5 nitrogen and oxygen atoms in total. The van der Waals surface area contributed by atoms with Crippen LogP contribution in [0.1, 0.15) is 29.0 Å². The molecule has 0 saturated heterocycles. The number of aromatic nitrogens is 3. The van der Waals surface area contributed by atoms with E-state index in [0.717, 1.165) is 47.3 Å². The van der Waals surface area contributed by atoms with Crippen molar-refractivity contribution in [2.45, 2.75) is 33.6 Å². The standard InChI is InChI=1S/C13H19N5S/c1-4-11-17-12(14)8(2)13(18-11)15-6-5-10-7-19-9(3)16-10/h7H,4-6H2,1-3H3,(H3,14,15,17,18). The summed E-state index contributed by atoms with van der Waals surface area (Å²) in [4.78, 5) is 13.1. The molecule has 0 aromatic carbocycles. The molecule has 3 N–H and O–H groups in total. The number of hydrogen-bond acceptors (Lipinski definition) is 6. The lowest BCUT2D eigenvalue weighted by Crippen LogP contribution is -2.11. The van der Waals surface area contributed by atoms with Crippen LogP contribution in [0.15, 0.2) is 5.38 Å². The first-order valence-corrected chi connectivity index (χ1v) is 7.26. The fourth-order valence-electron chi connectivity index (χ4n) is 1.74. The molecule has 6 heteroatoms. The summed E-state index contributed by atoms with van der Waals surface area (Å²) >= 11 is 1.68. The van der Waals surface area contributed by atoms with Crippen LogP contribution in [-0.2, 0) is 12.8 Å². The minimum absolute atomic E-state index is 0.554. The number of nitrogens with zero attached hydrogens (tertiary/aromatic N) is 3. The van der Waals surface area contributed by atoms with Crippen molar-refractivity contribution in [3.8, 4) is 0 Å². The topological polar surface area (TPSA) is 76.7 Å². The number of aryl methyl sites for hydroxylation is 2. The molecule has 0 radical (unpaired) electrons. The largest absolute Gasteiger partial charge is 0.383 e. The average molecular weight is 277 g/mol. The molecular weight excluding hydrogens is 258 g/mol. The summed E-state index contributed by atoms with van der Waals surface area (Å²) in [5.41, 5.74) is 7.91. The Labute approximate surface area is 117 Å². The molecule has 2 aromatic heterocycles. The highest BCUT2D eigenvalue weighted by molar-refractivity contribution is 7.09. The number of nitrogens with one attached hydrogen (secondary N) is 1. The van der Waals surface area contributed by atoms with Gasteiger partial charge >= 0.3 is 0 Å². The maximum atomic E-state index is 5.88. The van der Waals surface area contributed by atoms with Crippen molar-refractivity contribution in [1.29, 1.82) is 0 Å². The third kappa shape index (κ3) is 3.41. The van der Waals surface area contributed by atoms with Crippen LogP contribution in [0.2, 0.25) is 0 Å². The van der Waals surface area contributed by atoms with Crippen molar-refractivity contribution in [3.63, 3.8) is 0 Å². The number of hydrogen-bond donors (Lipinski definition) is 2. The molecule has 0 atom stereocenters. The molecule has 102 valence electrons. The maximum absolute atomic E-state index is 5.88. The van der Waals surface area contributed by atoms with E-state index in [1.54, 1.807) is 11.3 Å². The van der Waals surface area contributed by atoms with Gasteiger partial charge in [-0.15, -0.1) is 11.3 Å². The van der Waals surface area contributed by atoms with E-state index in [4.69, 9.17) is 5.73 Å². The smallest absolute Gasteiger partial charge is 0.134 e. The summed E-state index contributed by atoms with van der Waals surface area (Å²) in [7, 11) is 0. The molecule has 2 rings (SSSR count). The summed E-state index contributed by atoms with van der Waals surface area (Å²) in [6.07, 6.45) is 1.67. The molecule has 2 aromatic rings. The second-order valence-corrected chi connectivity index (χ2v) is 5.45. The average Bonchev–Trinajstić information content (AvgIpc) is 2.80. The van der Waals surface area contributed by atoms with Crippen LogP contribution in [0.25, 0.3) is 0 Å². The Balaban J connectivity index is 2.01. The monoisotopic (exact) mass is 277 g/mol. The third-order valence-corrected chi connectivity index (χ3v) is 3.71. The van der Waals surface area contributed by atoms with Crippen LogP contribution < -0.4 is 11.1 Å². The van der Waals surface area contributed by atoms with Crippen LogP contribution in [0.3, 0.4) is 0 Å². The minimum Gasteiger partial charge on any atom is -0.383 e. The minimum atomic E-state index is 0.554. The normalized spacial score (nSPS) is 10.7. The van der Waals surface area contributed by atoms with Crippen LogP contribution in [0.4, 0.5) is 11.6 Å². The lowest BCUT2D eigenvalue weighted by molar-refractivity contribution is 0.912. The molecule has 0 saturated carbocycles. The van der Waals surface area contributed by atoms with Gasteiger partial charge in [0.15, 0.2) is 0 Å². The Morgan fingerprint density at radius 3 is 2.68 bits per heavy atom. The van der Waals surface area contributed by atoms with E-state index in [1.165, 1.54) is 0 Å². The maximum Gasteiger partial charge on any atom is 0.134 e. The van der Waals surface area contributed by atoms with Crippen molar-refractivity contribution in [2.24, 2.45) is 0 Å². The quantitative estimate of drug-likeness (QED) is 0.877. The second-order valence-electron chi connectivity index (χ2n) is 4.39. The first-order chi connectivity index (χ1) is 9.10. The summed E-state index contributed by atoms with van der Waals surface area (Å²) in [5.74, 6) is 2.16. The molecule has 0 aliphatic rings. The number of nitrogen functional groups attached to an aromatic ring is 1. The van der Waals surface area contributed by atoms with Crippen LogP contribution >= 0.6 is 11.3 Å². The van der Waals surface area contributed by atoms with Gasteiger partial charge in [0, 0.05) is 30.3 Å². The predicted molar refractivity (Wildman–Crippen MR) is 79.6 cm³/mol. The van der Waals surface area contributed by atoms with Gasteiger partial charge in [0.05, 0.1) is 10.7 Å². The van der Waals surface area contributed by atoms with Crippen molar-refractivity contribution in [1.82, 2.24) is 15.0 Å². The Morgan fingerprint density at radius 1 is 1.26 bits per heavy atom. The van der Waals surface area contributed by atoms with E-state index in [-0.39, 0.29) is 0 Å². The molecule has 0 bridgehead atoms. The van der Waals surface area contributed by atoms with Gasteiger partial charge in [0.25, 0.3) is 0 Å². The van der Waals surface area contributed by atoms with E-state index < -0.39 is 0 Å². The first kappa shape index (κ1) is 13.7. The lowest BCUT2D eigenvalue weighted by atomic mass is 10.2. The van der Waals surface area contributed by atoms with Gasteiger partial charge in [-0.1, -0.05) is 6.92 Å². The molecule has 0 unspecified atom stereocenters. The molecule has 0 spiro atoms. The first-order valence-electron chi connectivity index (χ1n) is 6.38. The molecule has 2 heterocycles. The highest BCUT2D eigenvalue weighted by atomic mass is 32.1. The van der Waals surface area contributed by atoms with E-state index in [0.29, 0.717) is 5.82 Å². The van der Waals surface area contributed by atoms with E-state index >= 15 is 0 Å². The number of nitrogens with two attached hydrogens (primary N) is 1. The van der Waals surface area contributed by atoms with E-state index in [2.05, 4.69) is 25.6 Å². The SMILES string of the molecule is CCc1nc(N)c(C)c(NCCc2csc(C)n2)n1. The van der Waals surface area contributed by atoms with Gasteiger partial charge in [-0.25, -0.2) is 15.0 Å². The van der Waals surface area contributed by atoms with Crippen molar-refractivity contribution in [2.75, 3.05) is 17.6 Å². The number of rotatable bonds is 5. The Hall–Kier alpha value is -1.69. The zero-order chi connectivity index (χ0) is 13.8. The number of anilines is 2. The van der Waals surface area contributed by atoms with Gasteiger partial charge in [-0.2, -0.15) is 0 Å². The van der Waals surface area contributed by atoms with Gasteiger partial charge < -0.3 is 11.1 Å². The second kappa shape index (κ2) is 5.97. The molecule has 0 aliphatic carbocycles. The van der Waals surface area contributed by atoms with Crippen molar-refractivity contribution >= 4 is 23.0 Å². The molecule has 0 fully saturated rings. The fraction of sp³-hybridized carbons (Fsp3) is 0.462. The van der Waals surface area contributed by atoms with E-state index in [9.17, 15) is 0 Å². The summed E-state index contributed by atoms with van der Waals surface area (Å²) < 4.78 is 0. The lowest BCUT2D eigenvalue weighted by Gasteiger charge is -2.10. The summed E-state index contributed by atoms with van der Waals surface area (Å²) in [6, 6.07) is 0. The van der Waals surface area contributed by atoms with Crippen LogP contribution in [-0.4, -0.2) is 21.5 Å². The Bertz CT molecular complexity index is 564. The summed E-state index contributed by atoms with van der Waals surface area (Å²) in [5, 5.41) is 6.52. The highest BCUT2D eigenvalue weighted by Gasteiger charge is 2.07. The van der Waals surface area contributed by atoms with Gasteiger partial charge in [-0.05, 0) is 13.8 Å². The predicted octanol–water partition coefficient (Wildman–Crippen LogP) is 2.35. The fourth-order valence-corrected chi connectivity index (χ4v) is 2.39. The highest BCUT2D eigenvalue weighted by Crippen LogP contribution is 2.17. The molecular formula is C13H19N5S. The van der Waals surface area contributed by atoms with Crippen molar-refractivity contribution < 1.29 is 0 Å². The van der Waals surface area contributed by atoms with Gasteiger partial charge in [0.1, 0.15) is 17.5 Å². The molecule has 0 amide bonds. The molecule has 19 heavy (non-hydrogen) atoms. The number of thiazole rings is 1. The van der Waals surface area contributed by atoms with Crippen molar-refractivity contribution in [3.05, 3.63) is 27.5 Å². The zero-order valence-electron chi connectivity index (χ0n) is 11.5. The third-order valence-electron chi connectivity index (χ3n) is 2.89. The van der Waals surface area contributed by atoms with Gasteiger partial charge in [-0.3, -0.25) is 0 Å². The van der Waals surface area contributed by atoms with Crippen LogP contribution in [0, 0.1) is 13.8 Å². The Kier molecular flexibility index (Phi) is 4.31. The van der Waals surface area contributed by atoms with Crippen LogP contribution in [0.5, 0.6) is 0 Å². The Morgan fingerprint density at radius 2 is 2.05 bits per heavy atom. The molecule has 0 aliphatic heterocycles. The zero-order valence-corrected chi connectivity index (χ0v) is 12.3. The summed E-state index contributed by atoms with van der Waals surface area (Å²) in [6.45, 7) is 6.77.